The Balaban J connectivity index is 1.63. The van der Waals surface area contributed by atoms with E-state index in [1.165, 1.54) is 0 Å². The van der Waals surface area contributed by atoms with Crippen LogP contribution in [0.5, 0.6) is 0 Å². The van der Waals surface area contributed by atoms with Gasteiger partial charge in [0.05, 0.1) is 0 Å². The molecule has 0 radical (unpaired) electrons. The van der Waals surface area contributed by atoms with Gasteiger partial charge >= 0.3 is 6.09 Å². The van der Waals surface area contributed by atoms with Crippen LogP contribution in [0.25, 0.3) is 0 Å². The summed E-state index contributed by atoms with van der Waals surface area (Å²) in [6.07, 6.45) is 2.00. The summed E-state index contributed by atoms with van der Waals surface area (Å²) < 4.78 is 5.24. The van der Waals surface area contributed by atoms with Crippen molar-refractivity contribution < 1.29 is 19.1 Å². The van der Waals surface area contributed by atoms with Gasteiger partial charge in [0.1, 0.15) is 5.60 Å². The van der Waals surface area contributed by atoms with Gasteiger partial charge in [-0.2, -0.15) is 0 Å². The van der Waals surface area contributed by atoms with Crippen LogP contribution in [-0.4, -0.2) is 35.0 Å². The van der Waals surface area contributed by atoms with Crippen molar-refractivity contribution in [3.63, 3.8) is 0 Å². The molecule has 0 aliphatic carbocycles. The number of hydrogen-bond acceptors (Lipinski definition) is 4. The fourth-order valence-corrected chi connectivity index (χ4v) is 3.36. The van der Waals surface area contributed by atoms with E-state index in [4.69, 9.17) is 4.74 Å². The number of amides is 3. The highest BCUT2D eigenvalue weighted by molar-refractivity contribution is 6.05. The van der Waals surface area contributed by atoms with E-state index in [0.29, 0.717) is 29.9 Å². The van der Waals surface area contributed by atoms with Crippen LogP contribution >= 0.6 is 0 Å². The molecule has 7 heteroatoms. The lowest BCUT2D eigenvalue weighted by Crippen LogP contribution is -2.34. The Morgan fingerprint density at radius 1 is 1.00 bits per heavy atom. The zero-order valence-corrected chi connectivity index (χ0v) is 18.2. The first-order valence-corrected chi connectivity index (χ1v) is 10.5. The lowest BCUT2D eigenvalue weighted by molar-refractivity contribution is -0.133. The van der Waals surface area contributed by atoms with Crippen LogP contribution in [0, 0.1) is 0 Å². The Hall–Kier alpha value is -3.35. The Kier molecular flexibility index (Phi) is 6.95. The molecule has 2 N–H and O–H groups in total. The van der Waals surface area contributed by atoms with E-state index in [-0.39, 0.29) is 11.8 Å². The summed E-state index contributed by atoms with van der Waals surface area (Å²) in [7, 11) is 0. The van der Waals surface area contributed by atoms with Crippen molar-refractivity contribution in [1.29, 1.82) is 0 Å². The van der Waals surface area contributed by atoms with Gasteiger partial charge < -0.3 is 15.0 Å². The molecule has 31 heavy (non-hydrogen) atoms. The zero-order chi connectivity index (χ0) is 22.4. The Labute approximate surface area is 182 Å². The number of ether oxygens (including phenoxy) is 1. The number of nitrogens with zero attached hydrogens (tertiary/aromatic N) is 1. The summed E-state index contributed by atoms with van der Waals surface area (Å²) >= 11 is 0. The molecular weight excluding hydrogens is 394 g/mol. The average molecular weight is 424 g/mol. The van der Waals surface area contributed by atoms with Gasteiger partial charge in [0.2, 0.25) is 5.91 Å². The van der Waals surface area contributed by atoms with Crippen LogP contribution in [0.15, 0.2) is 48.5 Å². The van der Waals surface area contributed by atoms with E-state index in [2.05, 4.69) is 10.6 Å². The van der Waals surface area contributed by atoms with Crippen LogP contribution in [-0.2, 0) is 16.1 Å². The number of rotatable bonds is 5. The van der Waals surface area contributed by atoms with Gasteiger partial charge in [0.25, 0.3) is 5.91 Å². The van der Waals surface area contributed by atoms with Gasteiger partial charge in [0, 0.05) is 36.4 Å². The molecule has 1 saturated heterocycles. The summed E-state index contributed by atoms with van der Waals surface area (Å²) in [4.78, 5) is 38.6. The Morgan fingerprint density at radius 3 is 2.42 bits per heavy atom. The van der Waals surface area contributed by atoms with Gasteiger partial charge in [-0.05, 0) is 69.5 Å². The molecular formula is C24H29N3O4. The number of likely N-dealkylation sites (tertiary alicyclic amines) is 1. The predicted octanol–water partition coefficient (Wildman–Crippen LogP) is 4.80. The van der Waals surface area contributed by atoms with Crippen molar-refractivity contribution in [1.82, 2.24) is 4.90 Å². The first-order valence-electron chi connectivity index (χ1n) is 10.5. The molecule has 164 valence electrons. The van der Waals surface area contributed by atoms with E-state index in [0.717, 1.165) is 24.9 Å². The fourth-order valence-electron chi connectivity index (χ4n) is 3.36. The van der Waals surface area contributed by atoms with Crippen LogP contribution in [0.1, 0.15) is 56.0 Å². The van der Waals surface area contributed by atoms with Crippen molar-refractivity contribution in [2.45, 2.75) is 52.2 Å². The lowest BCUT2D eigenvalue weighted by Gasteiger charge is -2.26. The van der Waals surface area contributed by atoms with Crippen LogP contribution in [0.4, 0.5) is 16.2 Å². The van der Waals surface area contributed by atoms with Crippen molar-refractivity contribution >= 4 is 29.3 Å². The van der Waals surface area contributed by atoms with Crippen molar-refractivity contribution in [2.75, 3.05) is 17.2 Å². The molecule has 0 atom stereocenters. The smallest absolute Gasteiger partial charge is 0.412 e. The highest BCUT2D eigenvalue weighted by Crippen LogP contribution is 2.19. The van der Waals surface area contributed by atoms with Gasteiger partial charge in [0.15, 0.2) is 0 Å². The topological polar surface area (TPSA) is 87.7 Å². The summed E-state index contributed by atoms with van der Waals surface area (Å²) in [5.41, 5.74) is 1.89. The Morgan fingerprint density at radius 2 is 1.71 bits per heavy atom. The van der Waals surface area contributed by atoms with Crippen molar-refractivity contribution in [2.24, 2.45) is 0 Å². The number of anilines is 2. The second-order valence-corrected chi connectivity index (χ2v) is 8.63. The molecule has 1 aliphatic rings. The maximum atomic E-state index is 12.7. The fraction of sp³-hybridized carbons (Fsp3) is 0.375. The first kappa shape index (κ1) is 22.3. The maximum Gasteiger partial charge on any atom is 0.412 e. The van der Waals surface area contributed by atoms with Crippen LogP contribution in [0.3, 0.4) is 0 Å². The van der Waals surface area contributed by atoms with Crippen LogP contribution in [0.2, 0.25) is 0 Å². The molecule has 0 unspecified atom stereocenters. The van der Waals surface area contributed by atoms with Crippen LogP contribution < -0.4 is 10.6 Å². The molecule has 3 amide bonds. The van der Waals surface area contributed by atoms with E-state index in [9.17, 15) is 14.4 Å². The first-order chi connectivity index (χ1) is 14.7. The summed E-state index contributed by atoms with van der Waals surface area (Å²) in [5, 5.41) is 5.52. The number of carbonyl (C=O) groups excluding carboxylic acids is 3. The van der Waals surface area contributed by atoms with Gasteiger partial charge in [-0.15, -0.1) is 0 Å². The molecule has 2 aromatic carbocycles. The number of carbonyl (C=O) groups is 3. The molecule has 1 fully saturated rings. The van der Waals surface area contributed by atoms with E-state index >= 15 is 0 Å². The van der Waals surface area contributed by atoms with E-state index < -0.39 is 11.7 Å². The molecule has 0 saturated carbocycles. The third-order valence-corrected chi connectivity index (χ3v) is 4.75. The number of benzene rings is 2. The minimum atomic E-state index is -0.608. The molecule has 0 spiro atoms. The predicted molar refractivity (Wildman–Crippen MR) is 120 cm³/mol. The second-order valence-electron chi connectivity index (χ2n) is 8.63. The largest absolute Gasteiger partial charge is 0.444 e. The van der Waals surface area contributed by atoms with Gasteiger partial charge in [-0.1, -0.05) is 18.2 Å². The lowest BCUT2D eigenvalue weighted by atomic mass is 10.1. The minimum absolute atomic E-state index is 0.176. The number of piperidine rings is 1. The molecule has 1 heterocycles. The molecule has 1 aliphatic heterocycles. The normalized spacial score (nSPS) is 14.2. The van der Waals surface area contributed by atoms with Crippen molar-refractivity contribution in [3.05, 3.63) is 59.7 Å². The van der Waals surface area contributed by atoms with E-state index in [1.54, 1.807) is 45.0 Å². The average Bonchev–Trinajstić information content (AvgIpc) is 2.69. The summed E-state index contributed by atoms with van der Waals surface area (Å²) in [6, 6.07) is 14.1. The maximum absolute atomic E-state index is 12.7. The molecule has 0 bridgehead atoms. The number of nitrogens with one attached hydrogen (secondary N) is 2. The monoisotopic (exact) mass is 423 g/mol. The highest BCUT2D eigenvalue weighted by atomic mass is 16.6. The zero-order valence-electron chi connectivity index (χ0n) is 18.2. The van der Waals surface area contributed by atoms with Crippen molar-refractivity contribution in [3.8, 4) is 0 Å². The third kappa shape index (κ3) is 6.84. The minimum Gasteiger partial charge on any atom is -0.444 e. The SMILES string of the molecule is CC(C)(C)OC(=O)Nc1cccc(C(=O)Nc2cccc(CN3CCCCC3=O)c2)c1. The molecule has 7 nitrogen and oxygen atoms in total. The van der Waals surface area contributed by atoms with Gasteiger partial charge in [-0.25, -0.2) is 4.79 Å². The highest BCUT2D eigenvalue weighted by Gasteiger charge is 2.19. The summed E-state index contributed by atoms with van der Waals surface area (Å²) in [6.45, 7) is 6.66. The quantitative estimate of drug-likeness (QED) is 0.723. The molecule has 0 aromatic heterocycles. The molecule has 3 rings (SSSR count). The van der Waals surface area contributed by atoms with E-state index in [1.807, 2.05) is 29.2 Å². The third-order valence-electron chi connectivity index (χ3n) is 4.75. The second kappa shape index (κ2) is 9.64. The summed E-state index contributed by atoms with van der Waals surface area (Å²) in [5.74, 6) is -0.117. The molecule has 2 aromatic rings. The van der Waals surface area contributed by atoms with Gasteiger partial charge in [-0.3, -0.25) is 14.9 Å². The Bertz CT molecular complexity index is 965. The number of hydrogen-bond donors (Lipinski definition) is 2. The standard InChI is InChI=1S/C24H29N3O4/c1-24(2,3)31-23(30)26-20-11-7-9-18(15-20)22(29)25-19-10-6-8-17(14-19)16-27-13-5-4-12-21(27)28/h6-11,14-15H,4-5,12-13,16H2,1-3H3,(H,25,29)(H,26,30).